The lowest BCUT2D eigenvalue weighted by atomic mass is 10.1. The van der Waals surface area contributed by atoms with Crippen molar-refractivity contribution >= 4 is 27.3 Å². The van der Waals surface area contributed by atoms with E-state index < -0.39 is 10.0 Å². The molecule has 0 fully saturated rings. The molecular weight excluding hydrogens is 440 g/mol. The van der Waals surface area contributed by atoms with E-state index in [9.17, 15) is 13.2 Å². The van der Waals surface area contributed by atoms with Gasteiger partial charge in [0, 0.05) is 5.69 Å². The van der Waals surface area contributed by atoms with Gasteiger partial charge in [-0.25, -0.2) is 8.42 Å². The Morgan fingerprint density at radius 1 is 1.06 bits per heavy atom. The Balaban J connectivity index is 1.43. The highest BCUT2D eigenvalue weighted by Crippen LogP contribution is 2.36. The van der Waals surface area contributed by atoms with Gasteiger partial charge in [0.2, 0.25) is 0 Å². The number of aryl methyl sites for hydroxylation is 2. The van der Waals surface area contributed by atoms with Crippen LogP contribution in [0.15, 0.2) is 71.6 Å². The third-order valence-electron chi connectivity index (χ3n) is 5.46. The van der Waals surface area contributed by atoms with Crippen LogP contribution in [-0.2, 0) is 14.8 Å². The predicted molar refractivity (Wildman–Crippen MR) is 128 cm³/mol. The van der Waals surface area contributed by atoms with Crippen LogP contribution in [-0.4, -0.2) is 33.6 Å². The minimum atomic E-state index is -3.79. The summed E-state index contributed by atoms with van der Waals surface area (Å²) in [6.45, 7) is 5.89. The number of hydrogen-bond donors (Lipinski definition) is 1. The van der Waals surface area contributed by atoms with Crippen LogP contribution in [0.1, 0.15) is 18.1 Å². The van der Waals surface area contributed by atoms with Crippen LogP contribution in [0.2, 0.25) is 0 Å². The molecule has 4 rings (SSSR count). The molecule has 8 heteroatoms. The first kappa shape index (κ1) is 22.7. The van der Waals surface area contributed by atoms with Gasteiger partial charge in [-0.05, 0) is 80.4 Å². The molecule has 1 aliphatic heterocycles. The summed E-state index contributed by atoms with van der Waals surface area (Å²) in [6.07, 6.45) is -0.273. The Kier molecular flexibility index (Phi) is 6.29. The zero-order chi connectivity index (χ0) is 23.6. The van der Waals surface area contributed by atoms with Crippen LogP contribution in [0.5, 0.6) is 11.5 Å². The first-order chi connectivity index (χ1) is 15.7. The standard InChI is InChI=1S/C25H26N2O5S/c1-17-8-11-21(14-18(17)2)31-16-25(28)26-20-9-12-22(13-10-20)33(29,30)27-15-19(3)32-24-7-5-4-6-23(24)27/h4-14,19H,15-16H2,1-3H3,(H,26,28)/t19-/m1/s1. The number of nitrogens with one attached hydrogen (secondary N) is 1. The van der Waals surface area contributed by atoms with Crippen molar-refractivity contribution in [1.82, 2.24) is 0 Å². The molecule has 0 bridgehead atoms. The summed E-state index contributed by atoms with van der Waals surface area (Å²) in [5.74, 6) is 0.821. The Morgan fingerprint density at radius 3 is 2.52 bits per heavy atom. The lowest BCUT2D eigenvalue weighted by molar-refractivity contribution is -0.118. The zero-order valence-electron chi connectivity index (χ0n) is 18.7. The fourth-order valence-corrected chi connectivity index (χ4v) is 5.11. The Hall–Kier alpha value is -3.52. The Labute approximate surface area is 194 Å². The number of rotatable bonds is 6. The number of anilines is 2. The minimum Gasteiger partial charge on any atom is -0.487 e. The van der Waals surface area contributed by atoms with Crippen molar-refractivity contribution in [2.45, 2.75) is 31.8 Å². The van der Waals surface area contributed by atoms with E-state index in [-0.39, 0.29) is 30.1 Å². The molecule has 1 N–H and O–H groups in total. The van der Waals surface area contributed by atoms with Crippen molar-refractivity contribution in [3.05, 3.63) is 77.9 Å². The number of carbonyl (C=O) groups excluding carboxylic acids is 1. The highest BCUT2D eigenvalue weighted by Gasteiger charge is 2.32. The van der Waals surface area contributed by atoms with Gasteiger partial charge in [0.15, 0.2) is 6.61 Å². The van der Waals surface area contributed by atoms with Gasteiger partial charge in [-0.15, -0.1) is 0 Å². The summed E-state index contributed by atoms with van der Waals surface area (Å²) < 4.78 is 39.3. The summed E-state index contributed by atoms with van der Waals surface area (Å²) in [4.78, 5) is 12.4. The molecular formula is C25H26N2O5S. The SMILES string of the molecule is Cc1ccc(OCC(=O)Nc2ccc(S(=O)(=O)N3C[C@@H](C)Oc4ccccc43)cc2)cc1C. The molecule has 3 aromatic carbocycles. The first-order valence-corrected chi connectivity index (χ1v) is 12.1. The molecule has 1 atom stereocenters. The average molecular weight is 467 g/mol. The molecule has 0 saturated carbocycles. The third kappa shape index (κ3) is 4.96. The maximum Gasteiger partial charge on any atom is 0.264 e. The molecule has 0 aliphatic carbocycles. The van der Waals surface area contributed by atoms with Crippen LogP contribution < -0.4 is 19.1 Å². The molecule has 1 heterocycles. The van der Waals surface area contributed by atoms with Gasteiger partial charge < -0.3 is 14.8 Å². The van der Waals surface area contributed by atoms with Gasteiger partial charge >= 0.3 is 0 Å². The van der Waals surface area contributed by atoms with E-state index in [0.717, 1.165) is 11.1 Å². The van der Waals surface area contributed by atoms with E-state index in [1.54, 1.807) is 30.3 Å². The monoisotopic (exact) mass is 466 g/mol. The topological polar surface area (TPSA) is 84.9 Å². The number of fused-ring (bicyclic) bond motifs is 1. The molecule has 0 radical (unpaired) electrons. The molecule has 0 aromatic heterocycles. The van der Waals surface area contributed by atoms with E-state index in [1.807, 2.05) is 45.0 Å². The maximum atomic E-state index is 13.3. The molecule has 172 valence electrons. The van der Waals surface area contributed by atoms with Gasteiger partial charge in [-0.3, -0.25) is 9.10 Å². The van der Waals surface area contributed by atoms with Crippen molar-refractivity contribution in [3.8, 4) is 11.5 Å². The van der Waals surface area contributed by atoms with Crippen LogP contribution in [0.4, 0.5) is 11.4 Å². The van der Waals surface area contributed by atoms with Crippen molar-refractivity contribution in [2.75, 3.05) is 22.8 Å². The molecule has 1 aliphatic rings. The number of para-hydroxylation sites is 2. The quantitative estimate of drug-likeness (QED) is 0.586. The number of benzene rings is 3. The van der Waals surface area contributed by atoms with Crippen molar-refractivity contribution < 1.29 is 22.7 Å². The summed E-state index contributed by atoms with van der Waals surface area (Å²) in [6, 6.07) is 18.8. The molecule has 0 spiro atoms. The molecule has 0 unspecified atom stereocenters. The second-order valence-electron chi connectivity index (χ2n) is 8.04. The van der Waals surface area contributed by atoms with Gasteiger partial charge in [0.25, 0.3) is 15.9 Å². The number of amides is 1. The lowest BCUT2D eigenvalue weighted by Gasteiger charge is -2.34. The summed E-state index contributed by atoms with van der Waals surface area (Å²) >= 11 is 0. The van der Waals surface area contributed by atoms with Gasteiger partial charge in [-0.2, -0.15) is 0 Å². The average Bonchev–Trinajstić information content (AvgIpc) is 2.79. The highest BCUT2D eigenvalue weighted by molar-refractivity contribution is 7.92. The van der Waals surface area contributed by atoms with Gasteiger partial charge in [0.1, 0.15) is 17.6 Å². The zero-order valence-corrected chi connectivity index (χ0v) is 19.6. The number of ether oxygens (including phenoxy) is 2. The highest BCUT2D eigenvalue weighted by atomic mass is 32.2. The largest absolute Gasteiger partial charge is 0.487 e. The van der Waals surface area contributed by atoms with E-state index in [0.29, 0.717) is 22.9 Å². The Morgan fingerprint density at radius 2 is 1.79 bits per heavy atom. The smallest absolute Gasteiger partial charge is 0.264 e. The predicted octanol–water partition coefficient (Wildman–Crippen LogP) is 4.30. The van der Waals surface area contributed by atoms with E-state index in [1.165, 1.54) is 16.4 Å². The van der Waals surface area contributed by atoms with Crippen LogP contribution in [0.3, 0.4) is 0 Å². The lowest BCUT2D eigenvalue weighted by Crippen LogP contribution is -2.42. The number of hydrogen-bond acceptors (Lipinski definition) is 5. The summed E-state index contributed by atoms with van der Waals surface area (Å²) in [5, 5.41) is 2.73. The summed E-state index contributed by atoms with van der Waals surface area (Å²) in [5.41, 5.74) is 3.23. The van der Waals surface area contributed by atoms with Gasteiger partial charge in [0.05, 0.1) is 17.1 Å². The maximum absolute atomic E-state index is 13.3. The third-order valence-corrected chi connectivity index (χ3v) is 7.25. The number of nitrogens with zero attached hydrogens (tertiary/aromatic N) is 1. The second-order valence-corrected chi connectivity index (χ2v) is 9.90. The second kappa shape index (κ2) is 9.15. The normalized spacial score (nSPS) is 15.4. The van der Waals surface area contributed by atoms with Crippen molar-refractivity contribution in [3.63, 3.8) is 0 Å². The molecule has 33 heavy (non-hydrogen) atoms. The fourth-order valence-electron chi connectivity index (χ4n) is 3.56. The van der Waals surface area contributed by atoms with Gasteiger partial charge in [-0.1, -0.05) is 18.2 Å². The molecule has 7 nitrogen and oxygen atoms in total. The number of carbonyl (C=O) groups is 1. The Bertz CT molecular complexity index is 1270. The molecule has 3 aromatic rings. The van der Waals surface area contributed by atoms with Crippen molar-refractivity contribution in [2.24, 2.45) is 0 Å². The summed E-state index contributed by atoms with van der Waals surface area (Å²) in [7, 11) is -3.79. The van der Waals surface area contributed by atoms with E-state index >= 15 is 0 Å². The van der Waals surface area contributed by atoms with Crippen LogP contribution >= 0.6 is 0 Å². The molecule has 1 amide bonds. The van der Waals surface area contributed by atoms with Crippen molar-refractivity contribution in [1.29, 1.82) is 0 Å². The number of sulfonamides is 1. The first-order valence-electron chi connectivity index (χ1n) is 10.6. The van der Waals surface area contributed by atoms with E-state index in [4.69, 9.17) is 9.47 Å². The van der Waals surface area contributed by atoms with Crippen LogP contribution in [0.25, 0.3) is 0 Å². The molecule has 0 saturated heterocycles. The fraction of sp³-hybridized carbons (Fsp3) is 0.240. The van der Waals surface area contributed by atoms with E-state index in [2.05, 4.69) is 5.32 Å². The minimum absolute atomic E-state index is 0.135. The van der Waals surface area contributed by atoms with Crippen LogP contribution in [0, 0.1) is 13.8 Å².